The number of nitrogens with one attached hydrogen (secondary N) is 1. The fraction of sp³-hybridized carbons (Fsp3) is 0.118. The standard InChI is InChI=1S/C17H14F2N4O2S/c1-2-7-23-16(14-4-3-8-25-14)21-22-17(23)26-10-15(24)20-11-5-6-12(18)13(19)9-11/h2-6,8-9H,1,7,10H2,(H,20,24). The molecule has 3 rings (SSSR count). The van der Waals surface area contributed by atoms with E-state index in [1.165, 1.54) is 12.3 Å². The van der Waals surface area contributed by atoms with E-state index < -0.39 is 11.6 Å². The van der Waals surface area contributed by atoms with Crippen LogP contribution >= 0.6 is 11.8 Å². The first kappa shape index (κ1) is 17.9. The maximum absolute atomic E-state index is 13.2. The van der Waals surface area contributed by atoms with Gasteiger partial charge in [-0.1, -0.05) is 17.8 Å². The average molecular weight is 376 g/mol. The number of amides is 1. The number of nitrogens with zero attached hydrogens (tertiary/aromatic N) is 3. The second kappa shape index (κ2) is 7.96. The van der Waals surface area contributed by atoms with E-state index in [2.05, 4.69) is 22.1 Å². The van der Waals surface area contributed by atoms with E-state index >= 15 is 0 Å². The third kappa shape index (κ3) is 3.99. The number of hydrogen-bond donors (Lipinski definition) is 1. The highest BCUT2D eigenvalue weighted by Crippen LogP contribution is 2.24. The summed E-state index contributed by atoms with van der Waals surface area (Å²) >= 11 is 1.16. The number of hydrogen-bond acceptors (Lipinski definition) is 5. The van der Waals surface area contributed by atoms with Gasteiger partial charge in [0.2, 0.25) is 11.7 Å². The van der Waals surface area contributed by atoms with Crippen LogP contribution in [0.25, 0.3) is 11.6 Å². The Labute approximate surface area is 151 Å². The van der Waals surface area contributed by atoms with Gasteiger partial charge in [-0.05, 0) is 24.3 Å². The summed E-state index contributed by atoms with van der Waals surface area (Å²) in [6.45, 7) is 4.14. The van der Waals surface area contributed by atoms with Crippen LogP contribution in [0.3, 0.4) is 0 Å². The smallest absolute Gasteiger partial charge is 0.234 e. The Morgan fingerprint density at radius 2 is 2.15 bits per heavy atom. The molecule has 3 aromatic rings. The maximum Gasteiger partial charge on any atom is 0.234 e. The molecule has 1 aromatic carbocycles. The molecule has 6 nitrogen and oxygen atoms in total. The second-order valence-corrected chi connectivity index (χ2v) is 6.09. The first-order valence-electron chi connectivity index (χ1n) is 7.54. The molecular weight excluding hydrogens is 362 g/mol. The lowest BCUT2D eigenvalue weighted by Crippen LogP contribution is -2.15. The van der Waals surface area contributed by atoms with Gasteiger partial charge in [0.1, 0.15) is 0 Å². The molecular formula is C17H14F2N4O2S. The zero-order valence-electron chi connectivity index (χ0n) is 13.5. The molecule has 0 saturated carbocycles. The van der Waals surface area contributed by atoms with Crippen molar-refractivity contribution in [1.82, 2.24) is 14.8 Å². The quantitative estimate of drug-likeness (QED) is 0.502. The third-order valence-electron chi connectivity index (χ3n) is 3.31. The van der Waals surface area contributed by atoms with Gasteiger partial charge in [-0.25, -0.2) is 8.78 Å². The molecule has 0 radical (unpaired) electrons. The van der Waals surface area contributed by atoms with Crippen molar-refractivity contribution in [2.75, 3.05) is 11.1 Å². The van der Waals surface area contributed by atoms with Crippen LogP contribution in [0.5, 0.6) is 0 Å². The number of allylic oxidation sites excluding steroid dienone is 1. The van der Waals surface area contributed by atoms with E-state index in [0.29, 0.717) is 23.3 Å². The van der Waals surface area contributed by atoms with Crippen LogP contribution in [0.4, 0.5) is 14.5 Å². The van der Waals surface area contributed by atoms with Gasteiger partial charge >= 0.3 is 0 Å². The predicted octanol–water partition coefficient (Wildman–Crippen LogP) is 3.73. The number of aromatic nitrogens is 3. The highest BCUT2D eigenvalue weighted by molar-refractivity contribution is 7.99. The zero-order valence-corrected chi connectivity index (χ0v) is 14.3. The number of carbonyl (C=O) groups excluding carboxylic acids is 1. The monoisotopic (exact) mass is 376 g/mol. The fourth-order valence-corrected chi connectivity index (χ4v) is 2.93. The molecule has 134 valence electrons. The number of rotatable bonds is 7. The Morgan fingerprint density at radius 1 is 1.31 bits per heavy atom. The van der Waals surface area contributed by atoms with Gasteiger partial charge in [-0.2, -0.15) is 0 Å². The molecule has 0 atom stereocenters. The number of benzene rings is 1. The van der Waals surface area contributed by atoms with Gasteiger partial charge in [-0.3, -0.25) is 9.36 Å². The van der Waals surface area contributed by atoms with Crippen molar-refractivity contribution in [2.45, 2.75) is 11.7 Å². The van der Waals surface area contributed by atoms with E-state index in [-0.39, 0.29) is 17.3 Å². The van der Waals surface area contributed by atoms with Gasteiger partial charge in [0.05, 0.1) is 12.0 Å². The molecule has 2 aromatic heterocycles. The largest absolute Gasteiger partial charge is 0.461 e. The van der Waals surface area contributed by atoms with Gasteiger partial charge in [0, 0.05) is 18.3 Å². The van der Waals surface area contributed by atoms with E-state index in [4.69, 9.17) is 4.42 Å². The Bertz CT molecular complexity index is 925. The lowest BCUT2D eigenvalue weighted by molar-refractivity contribution is -0.113. The van der Waals surface area contributed by atoms with Crippen LogP contribution in [0, 0.1) is 11.6 Å². The number of carbonyl (C=O) groups is 1. The first-order valence-corrected chi connectivity index (χ1v) is 8.52. The molecule has 0 bridgehead atoms. The van der Waals surface area contributed by atoms with E-state index in [1.54, 1.807) is 22.8 Å². The minimum absolute atomic E-state index is 0.0203. The summed E-state index contributed by atoms with van der Waals surface area (Å²) in [7, 11) is 0. The molecule has 0 unspecified atom stereocenters. The SMILES string of the molecule is C=CCn1c(SCC(=O)Nc2ccc(F)c(F)c2)nnc1-c1ccco1. The van der Waals surface area contributed by atoms with Crippen LogP contribution in [-0.4, -0.2) is 26.4 Å². The zero-order chi connectivity index (χ0) is 18.5. The molecule has 9 heteroatoms. The highest BCUT2D eigenvalue weighted by atomic mass is 32.2. The van der Waals surface area contributed by atoms with Crippen LogP contribution in [0.15, 0.2) is 58.8 Å². The Balaban J connectivity index is 1.68. The minimum Gasteiger partial charge on any atom is -0.461 e. The van der Waals surface area contributed by atoms with Crippen molar-refractivity contribution >= 4 is 23.4 Å². The Hall–Kier alpha value is -2.94. The molecule has 1 amide bonds. The topological polar surface area (TPSA) is 73.0 Å². The molecule has 2 heterocycles. The number of anilines is 1. The minimum atomic E-state index is -1.02. The Kier molecular flexibility index (Phi) is 5.47. The van der Waals surface area contributed by atoms with E-state index in [9.17, 15) is 13.6 Å². The van der Waals surface area contributed by atoms with Gasteiger partial charge in [-0.15, -0.1) is 16.8 Å². The van der Waals surface area contributed by atoms with Crippen molar-refractivity contribution in [2.24, 2.45) is 0 Å². The molecule has 0 fully saturated rings. The van der Waals surface area contributed by atoms with Gasteiger partial charge < -0.3 is 9.73 Å². The molecule has 1 N–H and O–H groups in total. The molecule has 0 aliphatic heterocycles. The molecule has 26 heavy (non-hydrogen) atoms. The molecule has 0 aliphatic rings. The number of thioether (sulfide) groups is 1. The summed E-state index contributed by atoms with van der Waals surface area (Å²) in [6, 6.07) is 6.66. The number of halogens is 2. The second-order valence-electron chi connectivity index (χ2n) is 5.15. The van der Waals surface area contributed by atoms with Crippen molar-refractivity contribution in [3.8, 4) is 11.6 Å². The number of furan rings is 1. The van der Waals surface area contributed by atoms with Gasteiger partial charge in [0.15, 0.2) is 22.6 Å². The Morgan fingerprint density at radius 3 is 2.85 bits per heavy atom. The van der Waals surface area contributed by atoms with Crippen LogP contribution in [0.2, 0.25) is 0 Å². The van der Waals surface area contributed by atoms with E-state index in [0.717, 1.165) is 23.9 Å². The fourth-order valence-electron chi connectivity index (χ4n) is 2.18. The predicted molar refractivity (Wildman–Crippen MR) is 93.6 cm³/mol. The van der Waals surface area contributed by atoms with Crippen molar-refractivity contribution < 1.29 is 18.0 Å². The van der Waals surface area contributed by atoms with E-state index in [1.807, 2.05) is 0 Å². The lowest BCUT2D eigenvalue weighted by atomic mass is 10.3. The molecule has 0 aliphatic carbocycles. The lowest BCUT2D eigenvalue weighted by Gasteiger charge is -2.07. The summed E-state index contributed by atoms with van der Waals surface area (Å²) in [5, 5.41) is 11.2. The summed E-state index contributed by atoms with van der Waals surface area (Å²) in [5.41, 5.74) is 0.179. The van der Waals surface area contributed by atoms with Crippen LogP contribution in [0.1, 0.15) is 0 Å². The summed E-state index contributed by atoms with van der Waals surface area (Å²) in [6.07, 6.45) is 3.21. The van der Waals surface area contributed by atoms with Crippen molar-refractivity contribution in [1.29, 1.82) is 0 Å². The van der Waals surface area contributed by atoms with Crippen LogP contribution in [-0.2, 0) is 11.3 Å². The highest BCUT2D eigenvalue weighted by Gasteiger charge is 2.16. The van der Waals surface area contributed by atoms with Crippen LogP contribution < -0.4 is 5.32 Å². The summed E-state index contributed by atoms with van der Waals surface area (Å²) < 4.78 is 33.2. The molecule has 0 saturated heterocycles. The van der Waals surface area contributed by atoms with Gasteiger partial charge in [0.25, 0.3) is 0 Å². The molecule has 0 spiro atoms. The van der Waals surface area contributed by atoms with Crippen molar-refractivity contribution in [3.63, 3.8) is 0 Å². The maximum atomic E-state index is 13.2. The normalized spacial score (nSPS) is 10.7. The average Bonchev–Trinajstić information content (AvgIpc) is 3.26. The third-order valence-corrected chi connectivity index (χ3v) is 4.27. The van der Waals surface area contributed by atoms with Crippen molar-refractivity contribution in [3.05, 3.63) is 60.9 Å². The first-order chi connectivity index (χ1) is 12.6. The summed E-state index contributed by atoms with van der Waals surface area (Å²) in [5.74, 6) is -1.28. The summed E-state index contributed by atoms with van der Waals surface area (Å²) in [4.78, 5) is 12.0.